The Bertz CT molecular complexity index is 494. The van der Waals surface area contributed by atoms with Crippen molar-refractivity contribution in [1.82, 2.24) is 4.98 Å². The van der Waals surface area contributed by atoms with Gasteiger partial charge in [-0.25, -0.2) is 0 Å². The van der Waals surface area contributed by atoms with Crippen LogP contribution < -0.4 is 5.73 Å². The van der Waals surface area contributed by atoms with E-state index >= 15 is 0 Å². The number of aromatic nitrogens is 1. The summed E-state index contributed by atoms with van der Waals surface area (Å²) in [6.07, 6.45) is 2.16. The highest BCUT2D eigenvalue weighted by Gasteiger charge is 2.32. The Morgan fingerprint density at radius 1 is 0.696 bits per heavy atom. The predicted octanol–water partition coefficient (Wildman–Crippen LogP) is 6.09. The molecule has 132 valence electrons. The molecule has 0 saturated carbocycles. The van der Waals surface area contributed by atoms with Crippen molar-refractivity contribution >= 4 is 5.69 Å². The van der Waals surface area contributed by atoms with Crippen molar-refractivity contribution in [3.05, 3.63) is 23.5 Å². The first kappa shape index (κ1) is 20.0. The van der Waals surface area contributed by atoms with Crippen LogP contribution in [0.15, 0.2) is 12.1 Å². The Morgan fingerprint density at radius 2 is 1.00 bits per heavy atom. The minimum Gasteiger partial charge on any atom is -0.399 e. The van der Waals surface area contributed by atoms with E-state index in [4.69, 9.17) is 10.7 Å². The minimum absolute atomic E-state index is 0.0141. The second-order valence-corrected chi connectivity index (χ2v) is 10.9. The molecule has 1 aromatic rings. The van der Waals surface area contributed by atoms with E-state index in [1.807, 2.05) is 0 Å². The fourth-order valence-electron chi connectivity index (χ4n) is 4.08. The van der Waals surface area contributed by atoms with Gasteiger partial charge < -0.3 is 5.73 Å². The maximum absolute atomic E-state index is 6.24. The smallest absolute Gasteiger partial charge is 0.0484 e. The normalized spacial score (nSPS) is 14.2. The van der Waals surface area contributed by atoms with Crippen LogP contribution in [0.1, 0.15) is 93.5 Å². The lowest BCUT2D eigenvalue weighted by molar-refractivity contribution is 0.270. The molecule has 0 aliphatic rings. The van der Waals surface area contributed by atoms with Crippen LogP contribution in [0.5, 0.6) is 0 Å². The Labute approximate surface area is 144 Å². The molecule has 0 radical (unpaired) electrons. The molecule has 0 amide bonds. The van der Waals surface area contributed by atoms with E-state index in [0.717, 1.165) is 29.9 Å². The monoisotopic (exact) mass is 318 g/mol. The molecule has 1 rings (SSSR count). The highest BCUT2D eigenvalue weighted by atomic mass is 14.8. The average molecular weight is 319 g/mol. The van der Waals surface area contributed by atoms with Crippen molar-refractivity contribution in [2.75, 3.05) is 5.73 Å². The fraction of sp³-hybridized carbons (Fsp3) is 0.762. The summed E-state index contributed by atoms with van der Waals surface area (Å²) in [4.78, 5) is 5.07. The summed E-state index contributed by atoms with van der Waals surface area (Å²) in [5.41, 5.74) is 9.85. The van der Waals surface area contributed by atoms with Gasteiger partial charge >= 0.3 is 0 Å². The molecule has 0 aliphatic heterocycles. The van der Waals surface area contributed by atoms with Crippen molar-refractivity contribution in [2.45, 2.75) is 92.9 Å². The largest absolute Gasteiger partial charge is 0.399 e. The molecule has 0 saturated heterocycles. The van der Waals surface area contributed by atoms with E-state index in [9.17, 15) is 0 Å². The summed E-state index contributed by atoms with van der Waals surface area (Å²) in [5.74, 6) is 0. The molecule has 2 N–H and O–H groups in total. The molecule has 0 spiro atoms. The van der Waals surface area contributed by atoms with Crippen LogP contribution in [-0.4, -0.2) is 4.98 Å². The molecule has 2 heteroatoms. The summed E-state index contributed by atoms with van der Waals surface area (Å²) < 4.78 is 0. The number of pyridine rings is 1. The fourth-order valence-corrected chi connectivity index (χ4v) is 4.08. The predicted molar refractivity (Wildman–Crippen MR) is 103 cm³/mol. The van der Waals surface area contributed by atoms with E-state index < -0.39 is 0 Å². The lowest BCUT2D eigenvalue weighted by atomic mass is 9.72. The summed E-state index contributed by atoms with van der Waals surface area (Å²) in [6.45, 7) is 22.8. The van der Waals surface area contributed by atoms with Crippen LogP contribution in [0.25, 0.3) is 0 Å². The van der Waals surface area contributed by atoms with Gasteiger partial charge in [0.05, 0.1) is 0 Å². The molecule has 2 nitrogen and oxygen atoms in total. The highest BCUT2D eigenvalue weighted by molar-refractivity contribution is 5.44. The van der Waals surface area contributed by atoms with Gasteiger partial charge in [0.15, 0.2) is 0 Å². The number of nitrogens with two attached hydrogens (primary N) is 1. The summed E-state index contributed by atoms with van der Waals surface area (Å²) in [7, 11) is 0. The van der Waals surface area contributed by atoms with Gasteiger partial charge in [-0.3, -0.25) is 4.98 Å². The van der Waals surface area contributed by atoms with Crippen LogP contribution in [0.4, 0.5) is 5.69 Å². The minimum atomic E-state index is 0.0141. The molecule has 23 heavy (non-hydrogen) atoms. The van der Waals surface area contributed by atoms with Gasteiger partial charge in [0, 0.05) is 27.9 Å². The highest BCUT2D eigenvalue weighted by Crippen LogP contribution is 2.39. The Morgan fingerprint density at radius 3 is 1.26 bits per heavy atom. The zero-order valence-electron chi connectivity index (χ0n) is 17.1. The molecule has 0 atom stereocenters. The van der Waals surface area contributed by atoms with E-state index in [0.29, 0.717) is 0 Å². The van der Waals surface area contributed by atoms with Gasteiger partial charge in [-0.15, -0.1) is 0 Å². The number of rotatable bonds is 4. The third-order valence-electron chi connectivity index (χ3n) is 4.18. The van der Waals surface area contributed by atoms with E-state index in [2.05, 4.69) is 81.4 Å². The molecule has 1 aromatic heterocycles. The van der Waals surface area contributed by atoms with Gasteiger partial charge in [0.25, 0.3) is 0 Å². The van der Waals surface area contributed by atoms with Crippen molar-refractivity contribution in [2.24, 2.45) is 10.8 Å². The standard InChI is InChI=1S/C21H38N2/c1-18(2,3)13-20(7,8)16-11-15(22)12-17(23-16)21(9,10)14-19(4,5)6/h11-12H,13-14H2,1-10H3,(H2,22,23). The van der Waals surface area contributed by atoms with Gasteiger partial charge in [0.2, 0.25) is 0 Å². The van der Waals surface area contributed by atoms with E-state index in [-0.39, 0.29) is 21.7 Å². The zero-order chi connectivity index (χ0) is 18.3. The third kappa shape index (κ3) is 6.16. The molecule has 0 aliphatic carbocycles. The first-order valence-electron chi connectivity index (χ1n) is 8.80. The molecule has 0 aromatic carbocycles. The van der Waals surface area contributed by atoms with Crippen LogP contribution in [-0.2, 0) is 10.8 Å². The number of nitrogens with zero attached hydrogens (tertiary/aromatic N) is 1. The molecule has 0 fully saturated rings. The second-order valence-electron chi connectivity index (χ2n) is 10.9. The lowest BCUT2D eigenvalue weighted by Gasteiger charge is -2.35. The van der Waals surface area contributed by atoms with Crippen LogP contribution in [0.2, 0.25) is 0 Å². The number of anilines is 1. The zero-order valence-corrected chi connectivity index (χ0v) is 17.1. The molecule has 0 bridgehead atoms. The average Bonchev–Trinajstić information content (AvgIpc) is 2.21. The molecular formula is C21H38N2. The Balaban J connectivity index is 3.28. The summed E-state index contributed by atoms with van der Waals surface area (Å²) >= 11 is 0. The molecule has 0 unspecified atom stereocenters. The number of hydrogen-bond acceptors (Lipinski definition) is 2. The van der Waals surface area contributed by atoms with Crippen molar-refractivity contribution in [3.8, 4) is 0 Å². The SMILES string of the molecule is CC(C)(C)CC(C)(C)c1cc(N)cc(C(C)(C)CC(C)(C)C)n1. The van der Waals surface area contributed by atoms with Crippen molar-refractivity contribution < 1.29 is 0 Å². The van der Waals surface area contributed by atoms with Gasteiger partial charge in [-0.05, 0) is 35.8 Å². The first-order valence-corrected chi connectivity index (χ1v) is 8.80. The van der Waals surface area contributed by atoms with E-state index in [1.165, 1.54) is 0 Å². The maximum Gasteiger partial charge on any atom is 0.0484 e. The second kappa shape index (κ2) is 6.11. The lowest BCUT2D eigenvalue weighted by Crippen LogP contribution is -2.30. The molecule has 1 heterocycles. The van der Waals surface area contributed by atoms with Crippen LogP contribution in [0.3, 0.4) is 0 Å². The topological polar surface area (TPSA) is 38.9 Å². The number of hydrogen-bond donors (Lipinski definition) is 1. The number of nitrogen functional groups attached to an aromatic ring is 1. The maximum atomic E-state index is 6.24. The van der Waals surface area contributed by atoms with Gasteiger partial charge in [0.1, 0.15) is 0 Å². The van der Waals surface area contributed by atoms with Gasteiger partial charge in [-0.1, -0.05) is 69.2 Å². The van der Waals surface area contributed by atoms with E-state index in [1.54, 1.807) is 0 Å². The van der Waals surface area contributed by atoms with Crippen molar-refractivity contribution in [1.29, 1.82) is 0 Å². The molecular weight excluding hydrogens is 280 g/mol. The Kier molecular flexibility index (Phi) is 5.31. The van der Waals surface area contributed by atoms with Crippen LogP contribution >= 0.6 is 0 Å². The summed E-state index contributed by atoms with van der Waals surface area (Å²) in [6, 6.07) is 4.12. The van der Waals surface area contributed by atoms with Crippen LogP contribution in [0, 0.1) is 10.8 Å². The van der Waals surface area contributed by atoms with Gasteiger partial charge in [-0.2, -0.15) is 0 Å². The Hall–Kier alpha value is -1.05. The third-order valence-corrected chi connectivity index (χ3v) is 4.18. The first-order chi connectivity index (χ1) is 10.0. The quantitative estimate of drug-likeness (QED) is 0.729. The summed E-state index contributed by atoms with van der Waals surface area (Å²) in [5, 5.41) is 0. The van der Waals surface area contributed by atoms with Crippen molar-refractivity contribution in [3.63, 3.8) is 0 Å².